The molecule has 0 spiro atoms. The smallest absolute Gasteiger partial charge is 0.274 e. The van der Waals surface area contributed by atoms with Gasteiger partial charge in [0, 0.05) is 11.8 Å². The molecule has 1 aromatic heterocycles. The van der Waals surface area contributed by atoms with Gasteiger partial charge in [0.25, 0.3) is 5.19 Å². The van der Waals surface area contributed by atoms with Gasteiger partial charge in [-0.15, -0.1) is 0 Å². The third-order valence-electron chi connectivity index (χ3n) is 2.29. The molecule has 2 aromatic rings. The molecule has 0 bridgehead atoms. The zero-order valence-electron chi connectivity index (χ0n) is 10.1. The van der Waals surface area contributed by atoms with Gasteiger partial charge >= 0.3 is 0 Å². The summed E-state index contributed by atoms with van der Waals surface area (Å²) in [4.78, 5) is 4.07. The predicted octanol–water partition coefficient (Wildman–Crippen LogP) is 2.47. The fraction of sp³-hybridized carbons (Fsp3) is 0.250. The normalized spacial score (nSPS) is 12.1. The van der Waals surface area contributed by atoms with Gasteiger partial charge < -0.3 is 9.47 Å². The minimum atomic E-state index is -1.01. The standard InChI is InChI=1S/C12H13NO3S2/c1-15-10-6-4-3-5-9(10)8-16-12-13-7-11(17-12)18(2)14/h3-7H,8H2,1-2H3. The number of hydrogen-bond donors (Lipinski definition) is 0. The zero-order valence-corrected chi connectivity index (χ0v) is 11.7. The van der Waals surface area contributed by atoms with Crippen molar-refractivity contribution in [3.63, 3.8) is 0 Å². The summed E-state index contributed by atoms with van der Waals surface area (Å²) in [5.41, 5.74) is 0.953. The molecule has 6 heteroatoms. The molecular weight excluding hydrogens is 270 g/mol. The average molecular weight is 283 g/mol. The first-order chi connectivity index (χ1) is 8.70. The van der Waals surface area contributed by atoms with Gasteiger partial charge in [0.05, 0.1) is 24.1 Å². The first-order valence-electron chi connectivity index (χ1n) is 5.24. The molecule has 0 amide bonds. The van der Waals surface area contributed by atoms with E-state index < -0.39 is 10.8 Å². The van der Waals surface area contributed by atoms with Crippen molar-refractivity contribution in [3.05, 3.63) is 36.0 Å². The van der Waals surface area contributed by atoms with Gasteiger partial charge in [-0.1, -0.05) is 29.5 Å². The lowest BCUT2D eigenvalue weighted by atomic mass is 10.2. The van der Waals surface area contributed by atoms with E-state index >= 15 is 0 Å². The molecule has 0 saturated carbocycles. The Labute approximate surface area is 112 Å². The lowest BCUT2D eigenvalue weighted by Gasteiger charge is -2.07. The van der Waals surface area contributed by atoms with Crippen LogP contribution in [0.2, 0.25) is 0 Å². The van der Waals surface area contributed by atoms with Crippen molar-refractivity contribution in [1.29, 1.82) is 0 Å². The van der Waals surface area contributed by atoms with Crippen LogP contribution in [-0.2, 0) is 17.4 Å². The molecule has 1 atom stereocenters. The Bertz CT molecular complexity index is 554. The van der Waals surface area contributed by atoms with Crippen LogP contribution in [0.1, 0.15) is 5.56 Å². The number of benzene rings is 1. The highest BCUT2D eigenvalue weighted by Crippen LogP contribution is 2.25. The van der Waals surface area contributed by atoms with Crippen molar-refractivity contribution in [1.82, 2.24) is 4.98 Å². The summed E-state index contributed by atoms with van der Waals surface area (Å²) in [5.74, 6) is 0.786. The van der Waals surface area contributed by atoms with E-state index in [1.807, 2.05) is 24.3 Å². The van der Waals surface area contributed by atoms with Crippen LogP contribution in [0.5, 0.6) is 10.9 Å². The van der Waals surface area contributed by atoms with E-state index in [2.05, 4.69) is 4.98 Å². The monoisotopic (exact) mass is 283 g/mol. The van der Waals surface area contributed by atoms with Gasteiger partial charge in [0.15, 0.2) is 0 Å². The first-order valence-corrected chi connectivity index (χ1v) is 7.62. The van der Waals surface area contributed by atoms with Crippen LogP contribution in [0.4, 0.5) is 0 Å². The Kier molecular flexibility index (Phi) is 4.33. The van der Waals surface area contributed by atoms with Crippen molar-refractivity contribution < 1.29 is 13.7 Å². The highest BCUT2D eigenvalue weighted by Gasteiger charge is 2.07. The first kappa shape index (κ1) is 13.0. The number of nitrogens with zero attached hydrogens (tertiary/aromatic N) is 1. The van der Waals surface area contributed by atoms with E-state index in [9.17, 15) is 4.21 Å². The fourth-order valence-corrected chi connectivity index (χ4v) is 2.79. The van der Waals surface area contributed by atoms with Crippen molar-refractivity contribution in [3.8, 4) is 10.9 Å². The van der Waals surface area contributed by atoms with Crippen LogP contribution in [-0.4, -0.2) is 22.6 Å². The molecule has 0 fully saturated rings. The molecule has 4 nitrogen and oxygen atoms in total. The minimum absolute atomic E-state index is 0.382. The Morgan fingerprint density at radius 2 is 2.17 bits per heavy atom. The molecule has 0 radical (unpaired) electrons. The number of methoxy groups -OCH3 is 1. The zero-order chi connectivity index (χ0) is 13.0. The maximum Gasteiger partial charge on any atom is 0.274 e. The summed E-state index contributed by atoms with van der Waals surface area (Å²) in [7, 11) is 0.615. The average Bonchev–Trinajstić information content (AvgIpc) is 2.85. The third-order valence-corrected chi connectivity index (χ3v) is 4.62. The maximum absolute atomic E-state index is 11.2. The Balaban J connectivity index is 2.04. The molecule has 18 heavy (non-hydrogen) atoms. The number of rotatable bonds is 5. The Hall–Kier alpha value is -1.40. The summed E-state index contributed by atoms with van der Waals surface area (Å²) in [6.07, 6.45) is 3.20. The van der Waals surface area contributed by atoms with E-state index in [4.69, 9.17) is 9.47 Å². The summed E-state index contributed by atoms with van der Waals surface area (Å²) in [6.45, 7) is 0.382. The molecule has 2 rings (SSSR count). The Morgan fingerprint density at radius 3 is 2.83 bits per heavy atom. The molecular formula is C12H13NO3S2. The molecule has 1 aromatic carbocycles. The van der Waals surface area contributed by atoms with Crippen molar-refractivity contribution in [2.24, 2.45) is 0 Å². The highest BCUT2D eigenvalue weighted by molar-refractivity contribution is 7.86. The molecule has 1 heterocycles. The van der Waals surface area contributed by atoms with E-state index in [1.165, 1.54) is 11.3 Å². The summed E-state index contributed by atoms with van der Waals surface area (Å²) in [6, 6.07) is 7.65. The highest BCUT2D eigenvalue weighted by atomic mass is 32.2. The SMILES string of the molecule is COc1ccccc1COc1ncc(S(C)=O)s1. The number of ether oxygens (including phenoxy) is 2. The predicted molar refractivity (Wildman–Crippen MR) is 71.8 cm³/mol. The van der Waals surface area contributed by atoms with Crippen molar-refractivity contribution in [2.45, 2.75) is 10.8 Å². The second kappa shape index (κ2) is 5.97. The fourth-order valence-electron chi connectivity index (χ4n) is 1.41. The summed E-state index contributed by atoms with van der Waals surface area (Å²) in [5, 5.41) is 0.520. The van der Waals surface area contributed by atoms with Crippen molar-refractivity contribution in [2.75, 3.05) is 13.4 Å². The van der Waals surface area contributed by atoms with E-state index in [0.29, 0.717) is 16.0 Å². The van der Waals surface area contributed by atoms with Crippen LogP contribution in [0.3, 0.4) is 0 Å². The lowest BCUT2D eigenvalue weighted by Crippen LogP contribution is -1.97. The quantitative estimate of drug-likeness (QED) is 0.846. The maximum atomic E-state index is 11.2. The summed E-state index contributed by atoms with van der Waals surface area (Å²) >= 11 is 1.30. The van der Waals surface area contributed by atoms with Gasteiger partial charge in [0.2, 0.25) is 0 Å². The summed E-state index contributed by atoms with van der Waals surface area (Å²) < 4.78 is 22.7. The number of aromatic nitrogens is 1. The van der Waals surface area contributed by atoms with Crippen LogP contribution >= 0.6 is 11.3 Å². The number of hydrogen-bond acceptors (Lipinski definition) is 5. The molecule has 1 unspecified atom stereocenters. The van der Waals surface area contributed by atoms with Gasteiger partial charge in [-0.3, -0.25) is 4.21 Å². The number of para-hydroxylation sites is 1. The second-order valence-corrected chi connectivity index (χ2v) is 6.10. The third kappa shape index (κ3) is 3.08. The minimum Gasteiger partial charge on any atom is -0.496 e. The van der Waals surface area contributed by atoms with E-state index in [-0.39, 0.29) is 0 Å². The molecule has 0 aliphatic heterocycles. The van der Waals surface area contributed by atoms with Gasteiger partial charge in [-0.25, -0.2) is 4.98 Å². The van der Waals surface area contributed by atoms with Crippen molar-refractivity contribution >= 4 is 22.1 Å². The van der Waals surface area contributed by atoms with Gasteiger partial charge in [-0.2, -0.15) is 0 Å². The molecule has 0 aliphatic carbocycles. The molecule has 96 valence electrons. The molecule has 0 N–H and O–H groups in total. The lowest BCUT2D eigenvalue weighted by molar-refractivity contribution is 0.295. The van der Waals surface area contributed by atoms with Crippen LogP contribution in [0.15, 0.2) is 34.7 Å². The largest absolute Gasteiger partial charge is 0.496 e. The van der Waals surface area contributed by atoms with Crippen LogP contribution in [0.25, 0.3) is 0 Å². The van der Waals surface area contributed by atoms with Gasteiger partial charge in [0.1, 0.15) is 16.6 Å². The van der Waals surface area contributed by atoms with Crippen LogP contribution < -0.4 is 9.47 Å². The van der Waals surface area contributed by atoms with Crippen LogP contribution in [0, 0.1) is 0 Å². The van der Waals surface area contributed by atoms with E-state index in [1.54, 1.807) is 19.6 Å². The van der Waals surface area contributed by atoms with E-state index in [0.717, 1.165) is 11.3 Å². The second-order valence-electron chi connectivity index (χ2n) is 3.50. The molecule has 0 saturated heterocycles. The Morgan fingerprint density at radius 1 is 1.39 bits per heavy atom. The molecule has 0 aliphatic rings. The topological polar surface area (TPSA) is 48.4 Å². The number of thiazole rings is 1. The van der Waals surface area contributed by atoms with Gasteiger partial charge in [-0.05, 0) is 6.07 Å².